The lowest BCUT2D eigenvalue weighted by Gasteiger charge is -2.30. The highest BCUT2D eigenvalue weighted by atomic mass is 32.2. The van der Waals surface area contributed by atoms with Gasteiger partial charge in [0, 0.05) is 30.7 Å². The topological polar surface area (TPSA) is 433 Å². The largest absolute Gasteiger partial charge is 0.481 e. The first-order chi connectivity index (χ1) is 32.2. The monoisotopic (exact) mass is 1050 g/mol. The third-order valence-electron chi connectivity index (χ3n) is 10.3. The van der Waals surface area contributed by atoms with E-state index in [-0.39, 0.29) is 76.1 Å². The van der Waals surface area contributed by atoms with Crippen LogP contribution in [0, 0.1) is 5.41 Å². The molecule has 1 aliphatic heterocycles. The van der Waals surface area contributed by atoms with Crippen molar-refractivity contribution in [3.63, 3.8) is 0 Å². The molecule has 69 heavy (non-hydrogen) atoms. The molecular weight excluding hydrogens is 999 g/mol. The lowest BCUT2D eigenvalue weighted by molar-refractivity contribution is -0.137. The Morgan fingerprint density at radius 1 is 0.971 bits per heavy atom. The molecule has 0 bridgehead atoms. The second-order valence-electron chi connectivity index (χ2n) is 16.3. The Labute approximate surface area is 393 Å². The molecule has 5 heterocycles. The quantitative estimate of drug-likeness (QED) is 0.0281. The molecule has 2 amide bonds. The number of nitrogens with two attached hydrogens (primary N) is 2. The van der Waals surface area contributed by atoms with E-state index in [4.69, 9.17) is 29.7 Å². The lowest BCUT2D eigenvalue weighted by Crippen LogP contribution is -2.46. The Bertz CT molecular complexity index is 2970. The van der Waals surface area contributed by atoms with Crippen molar-refractivity contribution in [2.75, 3.05) is 43.5 Å². The van der Waals surface area contributed by atoms with Gasteiger partial charge in [0.05, 0.1) is 35.9 Å². The van der Waals surface area contributed by atoms with E-state index < -0.39 is 89.7 Å². The number of fused-ring (bicyclic) bond motifs is 3. The molecule has 4 aromatic heterocycles. The molecule has 32 heteroatoms. The van der Waals surface area contributed by atoms with Crippen molar-refractivity contribution in [1.29, 1.82) is 0 Å². The fraction of sp³-hybridized carbons (Fsp3) is 0.459. The van der Waals surface area contributed by atoms with Crippen LogP contribution in [-0.4, -0.2) is 128 Å². The number of nitrogens with zero attached hydrogens (tertiary/aromatic N) is 5. The summed E-state index contributed by atoms with van der Waals surface area (Å²) in [5.41, 5.74) is 11.1. The van der Waals surface area contributed by atoms with Crippen molar-refractivity contribution in [2.24, 2.45) is 5.41 Å². The van der Waals surface area contributed by atoms with Crippen LogP contribution in [0.5, 0.6) is 0 Å². The van der Waals surface area contributed by atoms with Crippen molar-refractivity contribution in [2.45, 2.75) is 70.7 Å². The number of hydrogen-bond acceptors (Lipinski definition) is 22. The highest BCUT2D eigenvalue weighted by molar-refractivity contribution is 8.14. The van der Waals surface area contributed by atoms with Gasteiger partial charge >= 0.3 is 23.5 Å². The number of pyridine rings is 1. The van der Waals surface area contributed by atoms with Crippen LogP contribution < -0.4 is 27.5 Å². The van der Waals surface area contributed by atoms with Crippen LogP contribution in [0.25, 0.3) is 33.2 Å². The van der Waals surface area contributed by atoms with E-state index in [2.05, 4.69) is 39.4 Å². The Morgan fingerprint density at radius 2 is 1.68 bits per heavy atom. The number of thioether (sulfide) groups is 1. The molecule has 1 saturated heterocycles. The number of hydrogen-bond donors (Lipinski definition) is 10. The van der Waals surface area contributed by atoms with Gasteiger partial charge in [-0.1, -0.05) is 45.5 Å². The SMILES string of the molecule is CC(C)c1ccc2oc3nc(N)c(C(=O)SCCNC(=O)CCNC(=O)C(O)C(C)(C)COP(=O)(O)OP(=O)(O)OCC4OC(n5cnc6c(N)ncnc65)C(O)C4OP(=O)(O)O)cc3c(=O)c2c1. The van der Waals surface area contributed by atoms with Gasteiger partial charge in [-0.2, -0.15) is 9.29 Å². The Morgan fingerprint density at radius 3 is 2.38 bits per heavy atom. The first-order valence-corrected chi connectivity index (χ1v) is 25.9. The number of aliphatic hydroxyl groups is 2. The molecular formula is C37H48N9O19P3S. The Kier molecular flexibility index (Phi) is 16.5. The van der Waals surface area contributed by atoms with E-state index in [9.17, 15) is 62.7 Å². The van der Waals surface area contributed by atoms with Gasteiger partial charge in [0.25, 0.3) is 0 Å². The van der Waals surface area contributed by atoms with Crippen LogP contribution in [0.2, 0.25) is 0 Å². The first-order valence-electron chi connectivity index (χ1n) is 20.4. The number of amides is 2. The zero-order valence-electron chi connectivity index (χ0n) is 36.8. The maximum absolute atomic E-state index is 13.3. The van der Waals surface area contributed by atoms with E-state index in [0.717, 1.165) is 34.5 Å². The van der Waals surface area contributed by atoms with Gasteiger partial charge in [0.2, 0.25) is 28.1 Å². The molecule has 376 valence electrons. The van der Waals surface area contributed by atoms with Crippen molar-refractivity contribution >= 4 is 97.0 Å². The number of phosphoric ester groups is 3. The molecule has 7 unspecified atom stereocenters. The maximum Gasteiger partial charge on any atom is 0.481 e. The van der Waals surface area contributed by atoms with Crippen LogP contribution in [-0.2, 0) is 45.9 Å². The summed E-state index contributed by atoms with van der Waals surface area (Å²) >= 11 is 0.809. The smallest absolute Gasteiger partial charge is 0.437 e. The molecule has 1 aliphatic rings. The van der Waals surface area contributed by atoms with Crippen LogP contribution >= 0.6 is 35.2 Å². The van der Waals surface area contributed by atoms with E-state index in [1.807, 2.05) is 19.9 Å². The molecule has 7 atom stereocenters. The fourth-order valence-corrected chi connectivity index (χ4v) is 10.2. The van der Waals surface area contributed by atoms with E-state index in [1.54, 1.807) is 12.1 Å². The van der Waals surface area contributed by atoms with Gasteiger partial charge in [-0.15, -0.1) is 0 Å². The summed E-state index contributed by atoms with van der Waals surface area (Å²) in [4.78, 5) is 107. The van der Waals surface area contributed by atoms with Crippen molar-refractivity contribution in [1.82, 2.24) is 35.1 Å². The maximum atomic E-state index is 13.3. The van der Waals surface area contributed by atoms with Gasteiger partial charge in [-0.3, -0.25) is 37.3 Å². The number of benzene rings is 1. The van der Waals surface area contributed by atoms with Crippen molar-refractivity contribution in [3.8, 4) is 0 Å². The van der Waals surface area contributed by atoms with Crippen LogP contribution in [0.4, 0.5) is 11.6 Å². The number of carbonyl (C=O) groups excluding carboxylic acids is 3. The second-order valence-corrected chi connectivity index (χ2v) is 21.6. The molecule has 1 fully saturated rings. The van der Waals surface area contributed by atoms with Gasteiger partial charge in [-0.25, -0.2) is 28.6 Å². The number of imidazole rings is 1. The number of ether oxygens (including phenoxy) is 1. The standard InChI is InChI=1S/C37H48N9O19P3S/c1-17(2)18-5-6-22-19(11-18)26(48)20-12-21(30(38)45-34(20)62-22)36(52)69-10-9-40-24(47)7-8-41-33(51)29(50)37(3,4)14-61-68(58,59)65-67(56,57)60-13-23-28(64-66(53,54)55)27(49)35(63-23)46-16-44-25-31(39)42-15-43-32(25)46/h5-6,11-12,15-17,23,27-29,35,49-50H,7-10,13-14H2,1-4H3,(H2,38,45)(H,40,47)(H,41,51)(H,56,57)(H,58,59)(H2,39,42,43)(H2,53,54,55). The molecule has 5 aromatic rings. The molecule has 12 N–H and O–H groups in total. The van der Waals surface area contributed by atoms with Gasteiger partial charge in [-0.05, 0) is 29.7 Å². The second kappa shape index (κ2) is 21.3. The zero-order valence-corrected chi connectivity index (χ0v) is 40.3. The zero-order chi connectivity index (χ0) is 50.8. The number of nitrogen functional groups attached to an aromatic ring is 2. The van der Waals surface area contributed by atoms with E-state index >= 15 is 0 Å². The summed E-state index contributed by atoms with van der Waals surface area (Å²) < 4.78 is 68.2. The third-order valence-corrected chi connectivity index (χ3v) is 14.3. The summed E-state index contributed by atoms with van der Waals surface area (Å²) in [6.07, 6.45) is -7.19. The number of aliphatic hydroxyl groups excluding tert-OH is 2. The van der Waals surface area contributed by atoms with E-state index in [0.29, 0.717) is 11.0 Å². The molecule has 0 saturated carbocycles. The molecule has 28 nitrogen and oxygen atoms in total. The minimum atomic E-state index is -5.62. The molecule has 1 aromatic carbocycles. The summed E-state index contributed by atoms with van der Waals surface area (Å²) in [5.74, 6) is -1.53. The third kappa shape index (κ3) is 13.1. The number of carbonyl (C=O) groups is 3. The lowest BCUT2D eigenvalue weighted by atomic mass is 9.87. The minimum Gasteiger partial charge on any atom is -0.437 e. The predicted octanol–water partition coefficient (Wildman–Crippen LogP) is 1.34. The summed E-state index contributed by atoms with van der Waals surface area (Å²) in [6, 6.07) is 6.58. The normalized spacial score (nSPS) is 20.0. The summed E-state index contributed by atoms with van der Waals surface area (Å²) in [5, 5.41) is 26.4. The number of nitrogens with one attached hydrogen (secondary N) is 2. The summed E-state index contributed by atoms with van der Waals surface area (Å²) in [7, 11) is -16.5. The van der Waals surface area contributed by atoms with E-state index in [1.165, 1.54) is 19.9 Å². The Balaban J connectivity index is 0.930. The number of phosphoric acid groups is 3. The van der Waals surface area contributed by atoms with Crippen LogP contribution in [0.3, 0.4) is 0 Å². The van der Waals surface area contributed by atoms with Crippen molar-refractivity contribution < 1.29 is 84.9 Å². The minimum absolute atomic E-state index is 0.0107. The first kappa shape index (κ1) is 53.5. The predicted molar refractivity (Wildman–Crippen MR) is 243 cm³/mol. The number of rotatable bonds is 21. The van der Waals surface area contributed by atoms with Gasteiger partial charge in [0.15, 0.2) is 17.7 Å². The average molecular weight is 1050 g/mol. The van der Waals surface area contributed by atoms with Crippen LogP contribution in [0.15, 0.2) is 46.1 Å². The fourth-order valence-electron chi connectivity index (χ4n) is 6.69. The number of aromatic nitrogens is 5. The van der Waals surface area contributed by atoms with Gasteiger partial charge in [0.1, 0.15) is 47.7 Å². The summed E-state index contributed by atoms with van der Waals surface area (Å²) in [6.45, 7) is 4.06. The number of anilines is 2. The molecule has 0 radical (unpaired) electrons. The molecule has 0 spiro atoms. The average Bonchev–Trinajstić information content (AvgIpc) is 3.82. The Hall–Kier alpha value is -4.80. The van der Waals surface area contributed by atoms with Crippen molar-refractivity contribution in [3.05, 3.63) is 58.3 Å². The highest BCUT2D eigenvalue weighted by Gasteiger charge is 2.50. The van der Waals surface area contributed by atoms with Gasteiger partial charge < -0.3 is 61.0 Å². The molecule has 0 aliphatic carbocycles. The van der Waals surface area contributed by atoms with Crippen LogP contribution in [0.1, 0.15) is 62.2 Å². The highest BCUT2D eigenvalue weighted by Crippen LogP contribution is 2.61. The molecule has 6 rings (SSSR count).